The topological polar surface area (TPSA) is 54.4 Å². The highest BCUT2D eigenvalue weighted by atomic mass is 16.4. The molecule has 0 aromatic carbocycles. The normalized spacial score (nSPS) is 12.9. The van der Waals surface area contributed by atoms with Crippen molar-refractivity contribution in [2.24, 2.45) is 16.7 Å². The Kier molecular flexibility index (Phi) is 4.71. The van der Waals surface area contributed by atoms with Gasteiger partial charge in [-0.2, -0.15) is 0 Å². The Bertz CT molecular complexity index is 275. The molecule has 0 heterocycles. The van der Waals surface area contributed by atoms with Crippen LogP contribution in [0, 0.1) is 16.7 Å². The van der Waals surface area contributed by atoms with E-state index in [9.17, 15) is 9.59 Å². The number of hydrogen-bond acceptors (Lipinski definition) is 2. The smallest absolute Gasteiger partial charge is 0.309 e. The average molecular weight is 228 g/mol. The van der Waals surface area contributed by atoms with Gasteiger partial charge in [-0.25, -0.2) is 0 Å². The molecule has 0 aliphatic rings. The number of aliphatic carboxylic acids is 1. The molecule has 0 radical (unpaired) electrons. The Balaban J connectivity index is 4.58. The highest BCUT2D eigenvalue weighted by Gasteiger charge is 2.35. The van der Waals surface area contributed by atoms with Crippen LogP contribution in [-0.4, -0.2) is 16.9 Å². The number of hydrogen-bond donors (Lipinski definition) is 1. The van der Waals surface area contributed by atoms with Crippen LogP contribution in [0.15, 0.2) is 0 Å². The maximum atomic E-state index is 11.7. The largest absolute Gasteiger partial charge is 0.481 e. The molecule has 3 nitrogen and oxygen atoms in total. The lowest BCUT2D eigenvalue weighted by atomic mass is 9.72. The summed E-state index contributed by atoms with van der Waals surface area (Å²) >= 11 is 0. The predicted molar refractivity (Wildman–Crippen MR) is 64.3 cm³/mol. The van der Waals surface area contributed by atoms with Crippen LogP contribution >= 0.6 is 0 Å². The molecule has 0 saturated carbocycles. The molecule has 0 aromatic heterocycles. The third-order valence-corrected chi connectivity index (χ3v) is 2.80. The molecule has 0 saturated heterocycles. The lowest BCUT2D eigenvalue weighted by Gasteiger charge is -2.32. The SMILES string of the molecule is CC(C)C(=O)CC(C)(C)CC(C)(C)C(=O)O. The molecule has 0 bridgehead atoms. The monoisotopic (exact) mass is 228 g/mol. The number of ketones is 1. The van der Waals surface area contributed by atoms with Gasteiger partial charge in [0.25, 0.3) is 0 Å². The van der Waals surface area contributed by atoms with Gasteiger partial charge in [-0.05, 0) is 25.7 Å². The Morgan fingerprint density at radius 3 is 1.88 bits per heavy atom. The molecule has 0 atom stereocenters. The second-order valence-corrected chi connectivity index (χ2v) is 6.33. The fourth-order valence-corrected chi connectivity index (χ4v) is 2.01. The van der Waals surface area contributed by atoms with Gasteiger partial charge in [-0.3, -0.25) is 9.59 Å². The fraction of sp³-hybridized carbons (Fsp3) is 0.846. The molecular formula is C13H24O3. The molecule has 1 N–H and O–H groups in total. The number of carboxylic acids is 1. The van der Waals surface area contributed by atoms with Crippen LogP contribution in [0.4, 0.5) is 0 Å². The molecule has 0 aliphatic carbocycles. The van der Waals surface area contributed by atoms with Crippen molar-refractivity contribution in [3.63, 3.8) is 0 Å². The summed E-state index contributed by atoms with van der Waals surface area (Å²) in [6, 6.07) is 0. The van der Waals surface area contributed by atoms with E-state index in [2.05, 4.69) is 0 Å². The van der Waals surface area contributed by atoms with Crippen LogP contribution in [0.3, 0.4) is 0 Å². The van der Waals surface area contributed by atoms with Crippen molar-refractivity contribution in [1.29, 1.82) is 0 Å². The molecule has 0 aromatic rings. The van der Waals surface area contributed by atoms with Gasteiger partial charge in [0.05, 0.1) is 5.41 Å². The summed E-state index contributed by atoms with van der Waals surface area (Å²) in [5.74, 6) is -0.587. The van der Waals surface area contributed by atoms with Gasteiger partial charge in [0.2, 0.25) is 0 Å². The minimum Gasteiger partial charge on any atom is -0.481 e. The van der Waals surface area contributed by atoms with Gasteiger partial charge in [-0.1, -0.05) is 27.7 Å². The van der Waals surface area contributed by atoms with E-state index in [0.717, 1.165) is 0 Å². The lowest BCUT2D eigenvalue weighted by Crippen LogP contribution is -2.32. The van der Waals surface area contributed by atoms with Crippen LogP contribution in [0.5, 0.6) is 0 Å². The summed E-state index contributed by atoms with van der Waals surface area (Å²) in [6.07, 6.45) is 0.954. The molecule has 0 spiro atoms. The first-order chi connectivity index (χ1) is 6.98. The van der Waals surface area contributed by atoms with E-state index in [1.54, 1.807) is 13.8 Å². The summed E-state index contributed by atoms with van der Waals surface area (Å²) in [7, 11) is 0. The second kappa shape index (κ2) is 4.98. The lowest BCUT2D eigenvalue weighted by molar-refractivity contribution is -0.149. The second-order valence-electron chi connectivity index (χ2n) is 6.33. The predicted octanol–water partition coefficient (Wildman–Crippen LogP) is 3.13. The zero-order valence-electron chi connectivity index (χ0n) is 11.3. The molecular weight excluding hydrogens is 204 g/mol. The fourth-order valence-electron chi connectivity index (χ4n) is 2.01. The zero-order valence-corrected chi connectivity index (χ0v) is 11.3. The molecule has 0 aliphatic heterocycles. The van der Waals surface area contributed by atoms with Crippen molar-refractivity contribution in [1.82, 2.24) is 0 Å². The summed E-state index contributed by atoms with van der Waals surface area (Å²) in [5, 5.41) is 9.06. The third-order valence-electron chi connectivity index (χ3n) is 2.80. The standard InChI is InChI=1S/C13H24O3/c1-9(2)10(14)7-12(3,4)8-13(5,6)11(15)16/h9H,7-8H2,1-6H3,(H,15,16). The Labute approximate surface area is 98.2 Å². The first kappa shape index (κ1) is 15.1. The van der Waals surface area contributed by atoms with Crippen molar-refractivity contribution < 1.29 is 14.7 Å². The van der Waals surface area contributed by atoms with E-state index in [0.29, 0.717) is 12.8 Å². The third kappa shape index (κ3) is 4.77. The summed E-state index contributed by atoms with van der Waals surface area (Å²) < 4.78 is 0. The van der Waals surface area contributed by atoms with Gasteiger partial charge in [0.15, 0.2) is 0 Å². The van der Waals surface area contributed by atoms with Crippen LogP contribution in [0.2, 0.25) is 0 Å². The van der Waals surface area contributed by atoms with E-state index in [1.807, 2.05) is 27.7 Å². The highest BCUT2D eigenvalue weighted by molar-refractivity contribution is 5.81. The highest BCUT2D eigenvalue weighted by Crippen LogP contribution is 2.37. The van der Waals surface area contributed by atoms with Gasteiger partial charge in [0.1, 0.15) is 5.78 Å². The molecule has 3 heteroatoms. The first-order valence-electron chi connectivity index (χ1n) is 5.74. The first-order valence-corrected chi connectivity index (χ1v) is 5.74. The van der Waals surface area contributed by atoms with Crippen molar-refractivity contribution in [2.45, 2.75) is 54.4 Å². The number of carbonyl (C=O) groups is 2. The maximum absolute atomic E-state index is 11.7. The van der Waals surface area contributed by atoms with Crippen molar-refractivity contribution >= 4 is 11.8 Å². The van der Waals surface area contributed by atoms with E-state index >= 15 is 0 Å². The average Bonchev–Trinajstić information content (AvgIpc) is 1.99. The molecule has 94 valence electrons. The molecule has 16 heavy (non-hydrogen) atoms. The van der Waals surface area contributed by atoms with Crippen molar-refractivity contribution in [3.8, 4) is 0 Å². The van der Waals surface area contributed by atoms with E-state index < -0.39 is 11.4 Å². The van der Waals surface area contributed by atoms with Crippen LogP contribution in [0.25, 0.3) is 0 Å². The van der Waals surface area contributed by atoms with Crippen molar-refractivity contribution in [3.05, 3.63) is 0 Å². The van der Waals surface area contributed by atoms with Crippen molar-refractivity contribution in [2.75, 3.05) is 0 Å². The Morgan fingerprint density at radius 2 is 1.56 bits per heavy atom. The zero-order chi connectivity index (χ0) is 13.1. The number of carbonyl (C=O) groups excluding carboxylic acids is 1. The minimum atomic E-state index is -0.808. The number of carboxylic acid groups (broad SMARTS) is 1. The number of rotatable bonds is 6. The molecule has 0 amide bonds. The van der Waals surface area contributed by atoms with Gasteiger partial charge in [-0.15, -0.1) is 0 Å². The minimum absolute atomic E-state index is 0.0206. The number of Topliss-reactive ketones (excluding diaryl/α,β-unsaturated/α-hetero) is 1. The van der Waals surface area contributed by atoms with E-state index in [1.165, 1.54) is 0 Å². The van der Waals surface area contributed by atoms with E-state index in [4.69, 9.17) is 5.11 Å². The van der Waals surface area contributed by atoms with Crippen LogP contribution < -0.4 is 0 Å². The summed E-state index contributed by atoms with van der Waals surface area (Å²) in [5.41, 5.74) is -1.04. The summed E-state index contributed by atoms with van der Waals surface area (Å²) in [6.45, 7) is 11.1. The Morgan fingerprint density at radius 1 is 1.12 bits per heavy atom. The molecule has 0 rings (SSSR count). The van der Waals surface area contributed by atoms with Gasteiger partial charge >= 0.3 is 5.97 Å². The summed E-state index contributed by atoms with van der Waals surface area (Å²) in [4.78, 5) is 22.7. The van der Waals surface area contributed by atoms with Crippen LogP contribution in [0.1, 0.15) is 54.4 Å². The molecule has 0 fully saturated rings. The van der Waals surface area contributed by atoms with Gasteiger partial charge < -0.3 is 5.11 Å². The van der Waals surface area contributed by atoms with Gasteiger partial charge in [0, 0.05) is 12.3 Å². The van der Waals surface area contributed by atoms with E-state index in [-0.39, 0.29) is 17.1 Å². The quantitative estimate of drug-likeness (QED) is 0.760. The Hall–Kier alpha value is -0.860. The molecule has 0 unspecified atom stereocenters. The van der Waals surface area contributed by atoms with Crippen LogP contribution in [-0.2, 0) is 9.59 Å². The maximum Gasteiger partial charge on any atom is 0.309 e.